The molecule has 1 aliphatic rings. The van der Waals surface area contributed by atoms with Crippen LogP contribution in [-0.4, -0.2) is 33.5 Å². The van der Waals surface area contributed by atoms with E-state index >= 15 is 0 Å². The zero-order valence-corrected chi connectivity index (χ0v) is 15.1. The molecule has 1 fully saturated rings. The molecule has 134 valence electrons. The number of aromatic nitrogens is 2. The zero-order valence-electron chi connectivity index (χ0n) is 15.1. The summed E-state index contributed by atoms with van der Waals surface area (Å²) < 4.78 is 1.74. The topological polar surface area (TPSA) is 91.0 Å². The van der Waals surface area contributed by atoms with Crippen molar-refractivity contribution >= 4 is 11.8 Å². The Bertz CT molecular complexity index is 896. The maximum Gasteiger partial charge on any atom is 0.226 e. The second-order valence-corrected chi connectivity index (χ2v) is 6.60. The van der Waals surface area contributed by atoms with Gasteiger partial charge in [-0.05, 0) is 24.6 Å². The van der Waals surface area contributed by atoms with Gasteiger partial charge in [-0.2, -0.15) is 10.4 Å². The molecule has 0 aliphatic carbocycles. The Kier molecular flexibility index (Phi) is 4.76. The van der Waals surface area contributed by atoms with Crippen molar-refractivity contribution in [3.63, 3.8) is 0 Å². The van der Waals surface area contributed by atoms with Crippen molar-refractivity contribution < 1.29 is 9.59 Å². The molecule has 7 heteroatoms. The van der Waals surface area contributed by atoms with E-state index in [4.69, 9.17) is 5.26 Å². The number of nitrogens with zero attached hydrogens (tertiary/aromatic N) is 4. The van der Waals surface area contributed by atoms with Crippen LogP contribution in [0.15, 0.2) is 30.5 Å². The number of amides is 2. The van der Waals surface area contributed by atoms with Crippen molar-refractivity contribution in [2.45, 2.75) is 25.9 Å². The Morgan fingerprint density at radius 1 is 1.42 bits per heavy atom. The van der Waals surface area contributed by atoms with Gasteiger partial charge in [0.25, 0.3) is 0 Å². The Balaban J connectivity index is 1.77. The number of nitrogens with one attached hydrogen (secondary N) is 1. The molecule has 7 nitrogen and oxygen atoms in total. The minimum Gasteiger partial charge on any atom is -0.352 e. The van der Waals surface area contributed by atoms with E-state index in [-0.39, 0.29) is 24.3 Å². The third-order valence-corrected chi connectivity index (χ3v) is 5.04. The fourth-order valence-corrected chi connectivity index (χ4v) is 3.41. The molecule has 26 heavy (non-hydrogen) atoms. The lowest BCUT2D eigenvalue weighted by molar-refractivity contribution is -0.128. The molecule has 1 N–H and O–H groups in total. The molecular formula is C19H21N5O2. The van der Waals surface area contributed by atoms with Crippen LogP contribution in [0, 0.1) is 24.2 Å². The van der Waals surface area contributed by atoms with Crippen molar-refractivity contribution in [1.82, 2.24) is 20.0 Å². The molecule has 3 rings (SSSR count). The van der Waals surface area contributed by atoms with Gasteiger partial charge in [-0.15, -0.1) is 0 Å². The zero-order chi connectivity index (χ0) is 18.8. The Labute approximate surface area is 152 Å². The van der Waals surface area contributed by atoms with Crippen LogP contribution in [0.5, 0.6) is 0 Å². The minimum absolute atomic E-state index is 0.0510. The fourth-order valence-electron chi connectivity index (χ4n) is 3.41. The molecular weight excluding hydrogens is 330 g/mol. The first-order valence-electron chi connectivity index (χ1n) is 8.43. The van der Waals surface area contributed by atoms with Crippen molar-refractivity contribution in [2.75, 3.05) is 7.05 Å². The summed E-state index contributed by atoms with van der Waals surface area (Å²) in [5.41, 5.74) is 3.24. The lowest BCUT2D eigenvalue weighted by atomic mass is 9.93. The molecule has 0 unspecified atom stereocenters. The Morgan fingerprint density at radius 2 is 2.19 bits per heavy atom. The second kappa shape index (κ2) is 7.00. The largest absolute Gasteiger partial charge is 0.352 e. The number of carbonyl (C=O) groups is 2. The van der Waals surface area contributed by atoms with Crippen molar-refractivity contribution in [1.29, 1.82) is 5.26 Å². The predicted molar refractivity (Wildman–Crippen MR) is 94.6 cm³/mol. The van der Waals surface area contributed by atoms with Crippen molar-refractivity contribution in [3.8, 4) is 6.07 Å². The highest BCUT2D eigenvalue weighted by molar-refractivity contribution is 5.90. The summed E-state index contributed by atoms with van der Waals surface area (Å²) in [5.74, 6) is -0.683. The van der Waals surface area contributed by atoms with Crippen molar-refractivity contribution in [3.05, 3.63) is 52.8 Å². The highest BCUT2D eigenvalue weighted by atomic mass is 16.2. The number of aryl methyl sites for hydroxylation is 1. The standard InChI is InChI=1S/C19H21N5O2/c1-12-16(11-22-24(12)3)18-15(8-17(25)23(18)2)19(26)21-10-14-6-4-5-13(7-14)9-20/h4-7,11,15,18H,8,10H2,1-3H3,(H,21,26)/t15-,18-/m0/s1. The van der Waals surface area contributed by atoms with E-state index in [1.165, 1.54) is 0 Å². The van der Waals surface area contributed by atoms with Crippen LogP contribution >= 0.6 is 0 Å². The van der Waals surface area contributed by atoms with Gasteiger partial charge in [0.05, 0.1) is 29.8 Å². The van der Waals surface area contributed by atoms with Gasteiger partial charge in [0.1, 0.15) is 0 Å². The SMILES string of the molecule is Cc1c([C@@H]2[C@@H](C(=O)NCc3cccc(C#N)c3)CC(=O)N2C)cnn1C. The third-order valence-electron chi connectivity index (χ3n) is 5.04. The summed E-state index contributed by atoms with van der Waals surface area (Å²) in [6.07, 6.45) is 1.91. The maximum absolute atomic E-state index is 12.8. The molecule has 2 aromatic rings. The average Bonchev–Trinajstić information content (AvgIpc) is 3.12. The van der Waals surface area contributed by atoms with E-state index in [0.29, 0.717) is 12.1 Å². The van der Waals surface area contributed by atoms with Gasteiger partial charge in [0.15, 0.2) is 0 Å². The summed E-state index contributed by atoms with van der Waals surface area (Å²) in [6, 6.07) is 8.88. The van der Waals surface area contributed by atoms with Gasteiger partial charge < -0.3 is 10.2 Å². The molecule has 0 bridgehead atoms. The molecule has 2 amide bonds. The summed E-state index contributed by atoms with van der Waals surface area (Å²) in [7, 11) is 3.57. The summed E-state index contributed by atoms with van der Waals surface area (Å²) >= 11 is 0. The summed E-state index contributed by atoms with van der Waals surface area (Å²) in [5, 5.41) is 16.1. The highest BCUT2D eigenvalue weighted by Crippen LogP contribution is 2.38. The molecule has 0 spiro atoms. The van der Waals surface area contributed by atoms with Gasteiger partial charge in [0.2, 0.25) is 11.8 Å². The fraction of sp³-hybridized carbons (Fsp3) is 0.368. The van der Waals surface area contributed by atoms with Crippen LogP contribution in [-0.2, 0) is 23.2 Å². The average molecular weight is 351 g/mol. The van der Waals surface area contributed by atoms with E-state index in [0.717, 1.165) is 16.8 Å². The molecule has 0 saturated carbocycles. The maximum atomic E-state index is 12.8. The first kappa shape index (κ1) is 17.7. The second-order valence-electron chi connectivity index (χ2n) is 6.60. The number of carbonyl (C=O) groups excluding carboxylic acids is 2. The van der Waals surface area contributed by atoms with Crippen LogP contribution in [0.1, 0.15) is 34.8 Å². The van der Waals surface area contributed by atoms with E-state index in [2.05, 4.69) is 16.5 Å². The van der Waals surface area contributed by atoms with E-state index in [1.807, 2.05) is 20.0 Å². The molecule has 0 radical (unpaired) electrons. The highest BCUT2D eigenvalue weighted by Gasteiger charge is 2.43. The number of hydrogen-bond acceptors (Lipinski definition) is 4. The summed E-state index contributed by atoms with van der Waals surface area (Å²) in [4.78, 5) is 26.6. The number of hydrogen-bond donors (Lipinski definition) is 1. The first-order chi connectivity index (χ1) is 12.4. The quantitative estimate of drug-likeness (QED) is 0.902. The van der Waals surface area contributed by atoms with Gasteiger partial charge in [-0.3, -0.25) is 14.3 Å². The van der Waals surface area contributed by atoms with E-state index < -0.39 is 5.92 Å². The van der Waals surface area contributed by atoms with E-state index in [9.17, 15) is 9.59 Å². The lowest BCUT2D eigenvalue weighted by Gasteiger charge is -2.24. The summed E-state index contributed by atoms with van der Waals surface area (Å²) in [6.45, 7) is 2.25. The van der Waals surface area contributed by atoms with Gasteiger partial charge in [-0.25, -0.2) is 0 Å². The number of benzene rings is 1. The molecule has 2 heterocycles. The Hall–Kier alpha value is -3.14. The lowest BCUT2D eigenvalue weighted by Crippen LogP contribution is -2.34. The number of likely N-dealkylation sites (tertiary alicyclic amines) is 1. The smallest absolute Gasteiger partial charge is 0.226 e. The first-order valence-corrected chi connectivity index (χ1v) is 8.43. The van der Waals surface area contributed by atoms with Crippen LogP contribution in [0.4, 0.5) is 0 Å². The Morgan fingerprint density at radius 3 is 2.85 bits per heavy atom. The van der Waals surface area contributed by atoms with E-state index in [1.54, 1.807) is 41.0 Å². The van der Waals surface area contributed by atoms with Crippen LogP contribution in [0.25, 0.3) is 0 Å². The molecule has 1 aliphatic heterocycles. The predicted octanol–water partition coefficient (Wildman–Crippen LogP) is 1.44. The molecule has 2 atom stereocenters. The van der Waals surface area contributed by atoms with Crippen LogP contribution in [0.3, 0.4) is 0 Å². The minimum atomic E-state index is -0.463. The van der Waals surface area contributed by atoms with Crippen LogP contribution in [0.2, 0.25) is 0 Å². The normalized spacial score (nSPS) is 19.5. The van der Waals surface area contributed by atoms with Gasteiger partial charge in [-0.1, -0.05) is 12.1 Å². The van der Waals surface area contributed by atoms with Crippen molar-refractivity contribution in [2.24, 2.45) is 13.0 Å². The third kappa shape index (κ3) is 3.18. The number of rotatable bonds is 4. The van der Waals surface area contributed by atoms with Crippen LogP contribution < -0.4 is 5.32 Å². The number of nitriles is 1. The van der Waals surface area contributed by atoms with Gasteiger partial charge in [0, 0.05) is 38.3 Å². The molecule has 1 saturated heterocycles. The van der Waals surface area contributed by atoms with Gasteiger partial charge >= 0.3 is 0 Å². The monoisotopic (exact) mass is 351 g/mol. The molecule has 1 aromatic carbocycles. The molecule has 1 aromatic heterocycles.